The Morgan fingerprint density at radius 1 is 0.898 bits per heavy atom. The summed E-state index contributed by atoms with van der Waals surface area (Å²) in [6, 6.07) is -0.304. The number of nitrogens with one attached hydrogen (secondary N) is 1. The maximum absolute atomic E-state index is 14.4. The van der Waals surface area contributed by atoms with Crippen LogP contribution in [-0.4, -0.2) is 157 Å². The molecular weight excluding hydrogens is 768 g/mol. The Kier molecular flexibility index (Phi) is 18.6. The van der Waals surface area contributed by atoms with Gasteiger partial charge in [-0.15, -0.1) is 0 Å². The molecule has 3 saturated heterocycles. The first kappa shape index (κ1) is 51.4. The van der Waals surface area contributed by atoms with Crippen molar-refractivity contribution in [1.82, 2.24) is 10.2 Å². The van der Waals surface area contributed by atoms with Crippen LogP contribution in [0.1, 0.15) is 115 Å². The molecule has 0 unspecified atom stereocenters. The summed E-state index contributed by atoms with van der Waals surface area (Å²) in [5.41, 5.74) is -4.36. The Morgan fingerprint density at radius 2 is 1.51 bits per heavy atom. The van der Waals surface area contributed by atoms with Crippen molar-refractivity contribution in [3.05, 3.63) is 0 Å². The topological polar surface area (TPSA) is 201 Å². The molecule has 3 rings (SSSR count). The number of nitrogens with zero attached hydrogens (tertiary/aromatic N) is 1. The number of hydrogen-bond acceptors (Lipinski definition) is 15. The second kappa shape index (κ2) is 21.4. The lowest BCUT2D eigenvalue weighted by Gasteiger charge is -2.50. The highest BCUT2D eigenvalue weighted by Crippen LogP contribution is 2.42. The third kappa shape index (κ3) is 11.9. The predicted octanol–water partition coefficient (Wildman–Crippen LogP) is 3.97. The summed E-state index contributed by atoms with van der Waals surface area (Å²) in [4.78, 5) is 43.2. The van der Waals surface area contributed by atoms with Crippen LogP contribution < -0.4 is 5.32 Å². The number of aliphatic hydroxyl groups excluding tert-OH is 2. The molecule has 344 valence electrons. The Morgan fingerprint density at radius 3 is 2.07 bits per heavy atom. The summed E-state index contributed by atoms with van der Waals surface area (Å²) in [5.74, 6) is -4.62. The van der Waals surface area contributed by atoms with E-state index >= 15 is 0 Å². The van der Waals surface area contributed by atoms with Crippen LogP contribution in [0.2, 0.25) is 0 Å². The Labute approximate surface area is 352 Å². The van der Waals surface area contributed by atoms with Crippen LogP contribution in [0.3, 0.4) is 0 Å². The van der Waals surface area contributed by atoms with Crippen LogP contribution in [0.5, 0.6) is 0 Å². The van der Waals surface area contributed by atoms with Gasteiger partial charge in [-0.1, -0.05) is 41.0 Å². The third-order valence-electron chi connectivity index (χ3n) is 13.3. The number of cyclic esters (lactones) is 1. The molecule has 0 aromatic rings. The molecule has 0 aromatic heterocycles. The Bertz CT molecular complexity index is 1370. The number of amides is 1. The van der Waals surface area contributed by atoms with Crippen molar-refractivity contribution in [3.63, 3.8) is 0 Å². The molecule has 18 atom stereocenters. The number of rotatable bonds is 12. The van der Waals surface area contributed by atoms with Crippen molar-refractivity contribution < 1.29 is 67.6 Å². The lowest BCUT2D eigenvalue weighted by Crippen LogP contribution is -2.62. The molecule has 0 radical (unpaired) electrons. The highest BCUT2D eigenvalue weighted by atomic mass is 16.7. The fourth-order valence-corrected chi connectivity index (χ4v) is 9.32. The minimum absolute atomic E-state index is 0.0901. The van der Waals surface area contributed by atoms with E-state index in [1.807, 2.05) is 39.8 Å². The zero-order chi connectivity index (χ0) is 44.8. The molecule has 3 fully saturated rings. The number of Topliss-reactive ketones (excluding diaryl/α,β-unsaturated/α-hetero) is 1. The summed E-state index contributed by atoms with van der Waals surface area (Å²) >= 11 is 0. The number of unbranched alkanes of at least 4 members (excludes halogenated alkanes) is 1. The lowest BCUT2D eigenvalue weighted by atomic mass is 9.74. The standard InChI is InChI=1S/C43H78N2O14/c1-16-18-19-44-40(50)59-37-28(8)55-31(22-42(37,10)53-15)57-34-26(6)36(58-39-33(47)29(45(12)13)20-24(4)54-39)41(9,52-14)21-23(3)32(46)25(5)35(48)43(11,51)30(17-2)56-38(49)27(34)7/h23-31,33-37,39,47-48,51H,16-22H2,1-15H3,(H,44,50)/t23-,24-,25+,26+,27-,28+,29+,30-,31+,33-,34+,35-,36-,37+,39+,41-,42-,43-/m1/s1. The molecule has 16 nitrogen and oxygen atoms in total. The van der Waals surface area contributed by atoms with E-state index in [4.69, 9.17) is 37.9 Å². The average molecular weight is 847 g/mol. The first-order valence-corrected chi connectivity index (χ1v) is 21.6. The zero-order valence-electron chi connectivity index (χ0n) is 38.4. The minimum atomic E-state index is -1.99. The molecule has 3 aliphatic heterocycles. The summed E-state index contributed by atoms with van der Waals surface area (Å²) in [7, 11) is 6.77. The largest absolute Gasteiger partial charge is 0.459 e. The molecule has 1 amide bonds. The quantitative estimate of drug-likeness (QED) is 0.162. The highest BCUT2D eigenvalue weighted by Gasteiger charge is 2.55. The van der Waals surface area contributed by atoms with Gasteiger partial charge in [0.05, 0.1) is 42.0 Å². The SMILES string of the molecule is CCCCNC(=O)O[C@H]1[C@H](C)O[C@@H](O[C@H]2[C@H](C)[C@@H](O[C@@H]3O[C@H](C)C[C@H](N(C)C)[C@H]3O)[C@](C)(OC)C[C@@H](C)C(=O)[C@H](C)[C@@H](O)[C@](C)(O)[C@@H](CC)OC(=O)[C@@H]2C)C[C@@]1(C)OC. The fraction of sp³-hybridized carbons (Fsp3) is 0.930. The molecule has 4 N–H and O–H groups in total. The van der Waals surface area contributed by atoms with Gasteiger partial charge in [0.25, 0.3) is 0 Å². The molecular formula is C43H78N2O14. The van der Waals surface area contributed by atoms with Gasteiger partial charge >= 0.3 is 12.1 Å². The van der Waals surface area contributed by atoms with Crippen LogP contribution in [0.4, 0.5) is 4.79 Å². The van der Waals surface area contributed by atoms with Gasteiger partial charge in [-0.3, -0.25) is 9.59 Å². The third-order valence-corrected chi connectivity index (χ3v) is 13.3. The van der Waals surface area contributed by atoms with Crippen molar-refractivity contribution in [2.45, 2.75) is 199 Å². The molecule has 16 heteroatoms. The molecule has 3 heterocycles. The number of esters is 1. The van der Waals surface area contributed by atoms with Crippen LogP contribution in [0, 0.1) is 23.7 Å². The van der Waals surface area contributed by atoms with Gasteiger partial charge in [0.15, 0.2) is 18.7 Å². The zero-order valence-corrected chi connectivity index (χ0v) is 38.4. The fourth-order valence-electron chi connectivity index (χ4n) is 9.32. The molecule has 3 aliphatic rings. The maximum atomic E-state index is 14.4. The maximum Gasteiger partial charge on any atom is 0.407 e. The van der Waals surface area contributed by atoms with E-state index < -0.39 is 108 Å². The summed E-state index contributed by atoms with van der Waals surface area (Å²) < 4.78 is 50.6. The molecule has 0 aromatic carbocycles. The Balaban J connectivity index is 2.18. The number of ketones is 1. The molecule has 0 spiro atoms. The number of ether oxygens (including phenoxy) is 8. The summed E-state index contributed by atoms with van der Waals surface area (Å²) in [6.45, 7) is 19.6. The van der Waals surface area contributed by atoms with Gasteiger partial charge in [-0.05, 0) is 81.3 Å². The van der Waals surface area contributed by atoms with E-state index in [2.05, 4.69) is 5.32 Å². The van der Waals surface area contributed by atoms with E-state index in [9.17, 15) is 29.7 Å². The summed E-state index contributed by atoms with van der Waals surface area (Å²) in [6.07, 6.45) is -7.88. The number of carbonyl (C=O) groups excluding carboxylic acids is 3. The monoisotopic (exact) mass is 847 g/mol. The predicted molar refractivity (Wildman–Crippen MR) is 218 cm³/mol. The first-order valence-electron chi connectivity index (χ1n) is 21.6. The van der Waals surface area contributed by atoms with Gasteiger partial charge in [-0.2, -0.15) is 0 Å². The van der Waals surface area contributed by atoms with Crippen molar-refractivity contribution in [2.24, 2.45) is 23.7 Å². The van der Waals surface area contributed by atoms with Crippen molar-refractivity contribution >= 4 is 17.8 Å². The molecule has 0 saturated carbocycles. The van der Waals surface area contributed by atoms with Gasteiger partial charge < -0.3 is 63.4 Å². The van der Waals surface area contributed by atoms with Crippen molar-refractivity contribution in [1.29, 1.82) is 0 Å². The number of carbonyl (C=O) groups is 3. The van der Waals surface area contributed by atoms with E-state index in [-0.39, 0.29) is 37.2 Å². The Hall–Kier alpha value is -1.99. The molecule has 0 aliphatic carbocycles. The van der Waals surface area contributed by atoms with E-state index in [1.54, 1.807) is 48.5 Å². The van der Waals surface area contributed by atoms with Gasteiger partial charge in [0, 0.05) is 51.0 Å². The number of hydrogen-bond donors (Lipinski definition) is 4. The van der Waals surface area contributed by atoms with Gasteiger partial charge in [0.1, 0.15) is 29.2 Å². The smallest absolute Gasteiger partial charge is 0.407 e. The second-order valence-electron chi connectivity index (χ2n) is 18.3. The van der Waals surface area contributed by atoms with E-state index in [1.165, 1.54) is 21.1 Å². The van der Waals surface area contributed by atoms with Crippen molar-refractivity contribution in [3.8, 4) is 0 Å². The van der Waals surface area contributed by atoms with Gasteiger partial charge in [-0.25, -0.2) is 4.79 Å². The van der Waals surface area contributed by atoms with Crippen LogP contribution >= 0.6 is 0 Å². The number of methoxy groups -OCH3 is 2. The normalized spacial score (nSPS) is 44.4. The van der Waals surface area contributed by atoms with Crippen LogP contribution in [0.25, 0.3) is 0 Å². The molecule has 59 heavy (non-hydrogen) atoms. The minimum Gasteiger partial charge on any atom is -0.459 e. The van der Waals surface area contributed by atoms with Crippen LogP contribution in [-0.2, 0) is 47.5 Å². The number of aliphatic hydroxyl groups is 3. The number of likely N-dealkylation sites (N-methyl/N-ethyl adjacent to an activating group) is 1. The first-order chi connectivity index (χ1) is 27.4. The second-order valence-corrected chi connectivity index (χ2v) is 18.3. The lowest BCUT2D eigenvalue weighted by molar-refractivity contribution is -0.319. The van der Waals surface area contributed by atoms with E-state index in [0.29, 0.717) is 13.0 Å². The molecule has 0 bridgehead atoms. The van der Waals surface area contributed by atoms with Crippen LogP contribution in [0.15, 0.2) is 0 Å². The number of alkyl carbamates (subject to hydrolysis) is 1. The average Bonchev–Trinajstić information content (AvgIpc) is 3.18. The summed E-state index contributed by atoms with van der Waals surface area (Å²) in [5, 5.41) is 37.7. The van der Waals surface area contributed by atoms with Crippen molar-refractivity contribution in [2.75, 3.05) is 34.9 Å². The van der Waals surface area contributed by atoms with Gasteiger partial charge in [0.2, 0.25) is 0 Å². The van der Waals surface area contributed by atoms with E-state index in [0.717, 1.165) is 12.8 Å². The highest BCUT2D eigenvalue weighted by molar-refractivity contribution is 5.83.